The van der Waals surface area contributed by atoms with Crippen molar-refractivity contribution in [1.29, 1.82) is 0 Å². The van der Waals surface area contributed by atoms with Crippen LogP contribution in [0.15, 0.2) is 116 Å². The Hall–Kier alpha value is -4.41. The van der Waals surface area contributed by atoms with E-state index in [-0.39, 0.29) is 11.5 Å². The largest absolute Gasteiger partial charge is 0.294 e. The molecule has 4 aromatic carbocycles. The van der Waals surface area contributed by atoms with Gasteiger partial charge in [0.05, 0.1) is 30.5 Å². The summed E-state index contributed by atoms with van der Waals surface area (Å²) < 4.78 is 6.18. The lowest BCUT2D eigenvalue weighted by molar-refractivity contribution is -0.892. The van der Waals surface area contributed by atoms with Gasteiger partial charge in [-0.25, -0.2) is 4.57 Å². The van der Waals surface area contributed by atoms with Crippen LogP contribution in [0.5, 0.6) is 0 Å². The molecule has 4 nitrogen and oxygen atoms in total. The zero-order valence-electron chi connectivity index (χ0n) is 32.4. The van der Waals surface area contributed by atoms with Gasteiger partial charge in [-0.3, -0.25) is 9.38 Å². The van der Waals surface area contributed by atoms with E-state index in [2.05, 4.69) is 192 Å². The van der Waals surface area contributed by atoms with Crippen LogP contribution in [0.1, 0.15) is 115 Å². The fraction of sp³-hybridized carbons (Fsp3) is 0.383. The summed E-state index contributed by atoms with van der Waals surface area (Å²) in [6.07, 6.45) is 12.0. The monoisotopic (exact) mass is 678 g/mol. The molecule has 2 aliphatic rings. The van der Waals surface area contributed by atoms with Gasteiger partial charge in [0.15, 0.2) is 6.17 Å². The highest BCUT2D eigenvalue weighted by Gasteiger charge is 2.52. The van der Waals surface area contributed by atoms with Crippen LogP contribution in [-0.2, 0) is 5.41 Å². The lowest BCUT2D eigenvalue weighted by Crippen LogP contribution is -2.56. The summed E-state index contributed by atoms with van der Waals surface area (Å²) in [4.78, 5) is 2.56. The van der Waals surface area contributed by atoms with Gasteiger partial charge in [0.1, 0.15) is 30.3 Å². The van der Waals surface area contributed by atoms with Gasteiger partial charge in [0.2, 0.25) is 0 Å². The third-order valence-corrected chi connectivity index (χ3v) is 12.7. The van der Waals surface area contributed by atoms with Gasteiger partial charge >= 0.3 is 0 Å². The minimum atomic E-state index is -0.0798. The second-order valence-electron chi connectivity index (χ2n) is 15.5. The summed E-state index contributed by atoms with van der Waals surface area (Å²) in [5.41, 5.74) is 12.1. The molecule has 51 heavy (non-hydrogen) atoms. The van der Waals surface area contributed by atoms with Crippen molar-refractivity contribution in [2.75, 3.05) is 18.0 Å². The van der Waals surface area contributed by atoms with Crippen molar-refractivity contribution < 1.29 is 9.05 Å². The Kier molecular flexibility index (Phi) is 9.35. The third kappa shape index (κ3) is 5.41. The highest BCUT2D eigenvalue weighted by atomic mass is 15.5. The lowest BCUT2D eigenvalue weighted by Gasteiger charge is -2.44. The van der Waals surface area contributed by atoms with Gasteiger partial charge in [-0.05, 0) is 79.5 Å². The summed E-state index contributed by atoms with van der Waals surface area (Å²) in [6, 6.07) is 34.5. The topological polar surface area (TPSA) is 12.0 Å². The second-order valence-corrected chi connectivity index (χ2v) is 15.5. The van der Waals surface area contributed by atoms with E-state index in [9.17, 15) is 0 Å². The standard InChI is InChI=1S/C47H58N4/c1-10-47(11-2)42-25-19-17-23-38(42)46-49(44-40(33(5)6)31-37(32-41(44)34(7)8)36-21-15-14-16-22-36)27-28-50(46)45(47)39-24-18-20-26-43(39)48-29-30-51(12-3,13-4)35(48)9/h14-35,45H,10-13H2,1-9H3/q+2. The molecule has 0 saturated carbocycles. The first kappa shape index (κ1) is 35.0. The van der Waals surface area contributed by atoms with E-state index in [4.69, 9.17) is 0 Å². The molecule has 0 bridgehead atoms. The van der Waals surface area contributed by atoms with Crippen molar-refractivity contribution in [2.24, 2.45) is 0 Å². The van der Waals surface area contributed by atoms with Gasteiger partial charge < -0.3 is 0 Å². The molecule has 2 aliphatic heterocycles. The third-order valence-electron chi connectivity index (χ3n) is 12.7. The molecule has 0 radical (unpaired) electrons. The first-order valence-electron chi connectivity index (χ1n) is 19.5. The first-order valence-corrected chi connectivity index (χ1v) is 19.5. The number of hydrogen-bond acceptors (Lipinski definition) is 1. The normalized spacial score (nSPS) is 18.8. The average molecular weight is 679 g/mol. The molecular weight excluding hydrogens is 621 g/mol. The number of nitrogens with zero attached hydrogens (tertiary/aromatic N) is 4. The molecule has 0 N–H and O–H groups in total. The summed E-state index contributed by atoms with van der Waals surface area (Å²) in [5.74, 6) is 1.98. The van der Waals surface area contributed by atoms with Crippen LogP contribution in [0.4, 0.5) is 5.69 Å². The zero-order chi connectivity index (χ0) is 36.1. The van der Waals surface area contributed by atoms with Crippen molar-refractivity contribution in [3.05, 3.63) is 138 Å². The fourth-order valence-electron chi connectivity index (χ4n) is 9.59. The van der Waals surface area contributed by atoms with Crippen molar-refractivity contribution >= 4 is 5.69 Å². The minimum absolute atomic E-state index is 0.0798. The number of rotatable bonds is 10. The van der Waals surface area contributed by atoms with E-state index in [1.165, 1.54) is 56.1 Å². The maximum atomic E-state index is 2.65. The molecule has 0 saturated heterocycles. The Morgan fingerprint density at radius 1 is 0.745 bits per heavy atom. The molecule has 0 aliphatic carbocycles. The molecule has 0 amide bonds. The molecule has 1 aromatic heterocycles. The number of para-hydroxylation sites is 1. The first-order chi connectivity index (χ1) is 24.7. The summed E-state index contributed by atoms with van der Waals surface area (Å²) in [6.45, 7) is 23.4. The number of imidazole rings is 1. The van der Waals surface area contributed by atoms with Crippen molar-refractivity contribution in [1.82, 2.24) is 4.57 Å². The van der Waals surface area contributed by atoms with E-state index >= 15 is 0 Å². The van der Waals surface area contributed by atoms with Crippen LogP contribution in [0, 0.1) is 0 Å². The van der Waals surface area contributed by atoms with Gasteiger partial charge in [-0.2, -0.15) is 4.57 Å². The molecule has 3 heterocycles. The SMILES string of the molecule is CCC1(CC)c2ccccc2-c2n(-c3c(C(C)C)cc(-c4ccccc4)cc3C(C)C)cc[n+]2C1c1ccccc1N1C=C[N+](CC)(CC)C1C. The van der Waals surface area contributed by atoms with Gasteiger partial charge in [-0.15, -0.1) is 0 Å². The molecule has 0 fully saturated rings. The van der Waals surface area contributed by atoms with E-state index < -0.39 is 0 Å². The molecule has 0 spiro atoms. The summed E-state index contributed by atoms with van der Waals surface area (Å²) >= 11 is 0. The molecule has 5 aromatic rings. The predicted octanol–water partition coefficient (Wildman–Crippen LogP) is 11.5. The van der Waals surface area contributed by atoms with Crippen LogP contribution < -0.4 is 9.47 Å². The van der Waals surface area contributed by atoms with Crippen LogP contribution in [0.3, 0.4) is 0 Å². The summed E-state index contributed by atoms with van der Waals surface area (Å²) in [7, 11) is 0. The van der Waals surface area contributed by atoms with Crippen LogP contribution >= 0.6 is 0 Å². The van der Waals surface area contributed by atoms with E-state index in [0.29, 0.717) is 18.0 Å². The van der Waals surface area contributed by atoms with Crippen LogP contribution in [0.2, 0.25) is 0 Å². The molecule has 2 atom stereocenters. The Bertz CT molecular complexity index is 2010. The minimum Gasteiger partial charge on any atom is -0.293 e. The maximum absolute atomic E-state index is 2.65. The molecule has 2 unspecified atom stereocenters. The predicted molar refractivity (Wildman–Crippen MR) is 214 cm³/mol. The fourth-order valence-corrected chi connectivity index (χ4v) is 9.59. The molecular formula is C47H58N4+2. The summed E-state index contributed by atoms with van der Waals surface area (Å²) in [5, 5.41) is 0. The highest BCUT2D eigenvalue weighted by Crippen LogP contribution is 2.52. The Balaban J connectivity index is 1.51. The lowest BCUT2D eigenvalue weighted by atomic mass is 9.64. The van der Waals surface area contributed by atoms with Gasteiger partial charge in [-0.1, -0.05) is 108 Å². The quantitative estimate of drug-likeness (QED) is 0.106. The Labute approximate surface area is 307 Å². The zero-order valence-corrected chi connectivity index (χ0v) is 32.4. The van der Waals surface area contributed by atoms with Gasteiger partial charge in [0, 0.05) is 29.0 Å². The average Bonchev–Trinajstić information content (AvgIpc) is 3.75. The maximum Gasteiger partial charge on any atom is 0.294 e. The number of aromatic nitrogens is 2. The second kappa shape index (κ2) is 13.6. The van der Waals surface area contributed by atoms with Crippen molar-refractivity contribution in [2.45, 2.75) is 105 Å². The molecule has 4 heteroatoms. The van der Waals surface area contributed by atoms with Crippen LogP contribution in [-0.4, -0.2) is 28.3 Å². The number of benzene rings is 4. The molecule has 264 valence electrons. The Morgan fingerprint density at radius 2 is 1.35 bits per heavy atom. The molecule has 7 rings (SSSR count). The Morgan fingerprint density at radius 3 is 1.96 bits per heavy atom. The number of fused-ring (bicyclic) bond motifs is 3. The highest BCUT2D eigenvalue weighted by molar-refractivity contribution is 5.73. The van der Waals surface area contributed by atoms with Gasteiger partial charge in [0.25, 0.3) is 5.82 Å². The van der Waals surface area contributed by atoms with E-state index in [1.807, 2.05) is 0 Å². The van der Waals surface area contributed by atoms with Crippen LogP contribution in [0.25, 0.3) is 28.2 Å². The van der Waals surface area contributed by atoms with Crippen molar-refractivity contribution in [3.63, 3.8) is 0 Å². The van der Waals surface area contributed by atoms with E-state index in [0.717, 1.165) is 30.4 Å². The smallest absolute Gasteiger partial charge is 0.293 e. The number of anilines is 1. The van der Waals surface area contributed by atoms with E-state index in [1.54, 1.807) is 0 Å². The van der Waals surface area contributed by atoms with Crippen molar-refractivity contribution in [3.8, 4) is 28.2 Å². The number of hydrogen-bond donors (Lipinski definition) is 0. The number of quaternary nitrogens is 1.